The van der Waals surface area contributed by atoms with E-state index in [1.54, 1.807) is 0 Å². The molecule has 2 heterocycles. The van der Waals surface area contributed by atoms with E-state index >= 15 is 0 Å². The second kappa shape index (κ2) is 44.7. The van der Waals surface area contributed by atoms with Crippen LogP contribution in [-0.4, -0.2) is 77.4 Å². The molecule has 0 aromatic carbocycles. The lowest BCUT2D eigenvalue weighted by Gasteiger charge is -1.93. The summed E-state index contributed by atoms with van der Waals surface area (Å²) in [5, 5.41) is 0. The van der Waals surface area contributed by atoms with E-state index in [0.29, 0.717) is 0 Å². The predicted octanol–water partition coefficient (Wildman–Crippen LogP) is -4.06. The zero-order valence-electron chi connectivity index (χ0n) is 17.0. The van der Waals surface area contributed by atoms with Gasteiger partial charge in [-0.2, -0.15) is 29.9 Å². The van der Waals surface area contributed by atoms with Gasteiger partial charge < -0.3 is 68.0 Å². The summed E-state index contributed by atoms with van der Waals surface area (Å²) < 4.78 is 0. The molecule has 2 rings (SSSR count). The van der Waals surface area contributed by atoms with E-state index in [2.05, 4.69) is 29.9 Å². The van der Waals surface area contributed by atoms with Crippen LogP contribution in [0, 0.1) is 0 Å². The molecular formula is C13H26N12O7. The molecule has 32 heavy (non-hydrogen) atoms. The Labute approximate surface area is 182 Å². The lowest BCUT2D eigenvalue weighted by Crippen LogP contribution is -2.05. The number of carbonyl (C=O) groups excluding carboxylic acids is 7. The van der Waals surface area contributed by atoms with Gasteiger partial charge in [-0.3, -0.25) is 0 Å². The molecule has 0 aliphatic carbocycles. The molecule has 180 valence electrons. The average Bonchev–Trinajstić information content (AvgIpc) is 2.82. The van der Waals surface area contributed by atoms with E-state index in [-0.39, 0.29) is 35.7 Å². The summed E-state index contributed by atoms with van der Waals surface area (Å²) in [4.78, 5) is 76.9. The molecule has 0 spiro atoms. The summed E-state index contributed by atoms with van der Waals surface area (Å²) >= 11 is 0. The van der Waals surface area contributed by atoms with E-state index in [0.717, 1.165) is 0 Å². The predicted molar refractivity (Wildman–Crippen MR) is 116 cm³/mol. The van der Waals surface area contributed by atoms with Crippen molar-refractivity contribution in [2.24, 2.45) is 0 Å². The monoisotopic (exact) mass is 462 g/mol. The van der Waals surface area contributed by atoms with E-state index in [4.69, 9.17) is 68.0 Å². The Hall–Kier alpha value is -5.49. The van der Waals surface area contributed by atoms with Gasteiger partial charge >= 0.3 is 0 Å². The van der Waals surface area contributed by atoms with Crippen molar-refractivity contribution in [3.05, 3.63) is 0 Å². The highest BCUT2D eigenvalue weighted by atomic mass is 16.1. The Morgan fingerprint density at radius 1 is 0.281 bits per heavy atom. The van der Waals surface area contributed by atoms with Crippen LogP contribution in [0.3, 0.4) is 0 Å². The number of nitrogen functional groups attached to an aromatic ring is 6. The maximum Gasteiger partial charge on any atom is 0.226 e. The van der Waals surface area contributed by atoms with Crippen LogP contribution < -0.4 is 34.4 Å². The fourth-order valence-electron chi connectivity index (χ4n) is 0.854. The minimum absolute atomic E-state index is 0.0417. The molecule has 0 saturated heterocycles. The van der Waals surface area contributed by atoms with Gasteiger partial charge in [0.1, 0.15) is 47.5 Å². The largest absolute Gasteiger partial charge is 0.368 e. The SMILES string of the molecule is C=O.C=O.C=O.C=O.C=O.C=O.C=O.Nc1nc(N)nc(N)n1.Nc1nc(N)nc(N)n1. The average molecular weight is 462 g/mol. The number of nitrogens with zero attached hydrogens (tertiary/aromatic N) is 6. The third kappa shape index (κ3) is 39.5. The molecule has 0 fully saturated rings. The first-order valence-electron chi connectivity index (χ1n) is 6.44. The van der Waals surface area contributed by atoms with Crippen molar-refractivity contribution in [1.29, 1.82) is 0 Å². The second-order valence-corrected chi connectivity index (χ2v) is 2.82. The van der Waals surface area contributed by atoms with Gasteiger partial charge in [0.25, 0.3) is 0 Å². The molecular weight excluding hydrogens is 436 g/mol. The number of rotatable bonds is 0. The number of anilines is 6. The molecule has 0 radical (unpaired) electrons. The van der Waals surface area contributed by atoms with Crippen LogP contribution in [-0.2, 0) is 33.6 Å². The fraction of sp³-hybridized carbons (Fsp3) is 0. The summed E-state index contributed by atoms with van der Waals surface area (Å²) in [6.07, 6.45) is 0. The molecule has 12 N–H and O–H groups in total. The number of hydrogen-bond acceptors (Lipinski definition) is 19. The van der Waals surface area contributed by atoms with Crippen molar-refractivity contribution in [3.63, 3.8) is 0 Å². The topological polar surface area (TPSA) is 353 Å². The third-order valence-corrected chi connectivity index (χ3v) is 1.37. The van der Waals surface area contributed by atoms with E-state index in [9.17, 15) is 0 Å². The molecule has 0 aliphatic rings. The lowest BCUT2D eigenvalue weighted by molar-refractivity contribution is -0.0987. The van der Waals surface area contributed by atoms with Gasteiger partial charge in [0.2, 0.25) is 35.7 Å². The number of aromatic nitrogens is 6. The van der Waals surface area contributed by atoms with Gasteiger partial charge in [-0.05, 0) is 0 Å². The van der Waals surface area contributed by atoms with Crippen molar-refractivity contribution >= 4 is 83.2 Å². The van der Waals surface area contributed by atoms with E-state index < -0.39 is 0 Å². The van der Waals surface area contributed by atoms with Gasteiger partial charge in [0.05, 0.1) is 0 Å². The first-order valence-corrected chi connectivity index (χ1v) is 6.44. The smallest absolute Gasteiger partial charge is 0.226 e. The van der Waals surface area contributed by atoms with Crippen LogP contribution in [0.1, 0.15) is 0 Å². The van der Waals surface area contributed by atoms with Gasteiger partial charge in [-0.15, -0.1) is 0 Å². The molecule has 19 nitrogen and oxygen atoms in total. The quantitative estimate of drug-likeness (QED) is 0.216. The number of carbonyl (C=O) groups is 7. The minimum atomic E-state index is 0.0417. The number of hydrogen-bond donors (Lipinski definition) is 6. The molecule has 2 aromatic rings. The van der Waals surface area contributed by atoms with E-state index in [1.807, 2.05) is 47.5 Å². The van der Waals surface area contributed by atoms with Gasteiger partial charge in [0, 0.05) is 0 Å². The summed E-state index contributed by atoms with van der Waals surface area (Å²) in [6, 6.07) is 0. The molecule has 19 heteroatoms. The van der Waals surface area contributed by atoms with E-state index in [1.165, 1.54) is 0 Å². The second-order valence-electron chi connectivity index (χ2n) is 2.82. The highest BCUT2D eigenvalue weighted by Gasteiger charge is 1.94. The van der Waals surface area contributed by atoms with Crippen LogP contribution in [0.4, 0.5) is 35.7 Å². The zero-order chi connectivity index (χ0) is 27.7. The fourth-order valence-corrected chi connectivity index (χ4v) is 0.854. The molecule has 0 amide bonds. The van der Waals surface area contributed by atoms with Crippen LogP contribution >= 0.6 is 0 Å². The van der Waals surface area contributed by atoms with Crippen molar-refractivity contribution in [1.82, 2.24) is 29.9 Å². The first-order chi connectivity index (χ1) is 15.4. The van der Waals surface area contributed by atoms with Crippen molar-refractivity contribution in [3.8, 4) is 0 Å². The molecule has 0 atom stereocenters. The Bertz CT molecular complexity index is 501. The minimum Gasteiger partial charge on any atom is -0.368 e. The van der Waals surface area contributed by atoms with Crippen molar-refractivity contribution in [2.45, 2.75) is 0 Å². The molecule has 2 aromatic heterocycles. The van der Waals surface area contributed by atoms with Gasteiger partial charge in [-0.1, -0.05) is 0 Å². The summed E-state index contributed by atoms with van der Waals surface area (Å²) in [5.41, 5.74) is 30.8. The lowest BCUT2D eigenvalue weighted by atomic mass is 10.9. The Morgan fingerprint density at radius 2 is 0.344 bits per heavy atom. The highest BCUT2D eigenvalue weighted by molar-refractivity contribution is 5.34. The Kier molecular flexibility index (Phi) is 63.4. The zero-order valence-corrected chi connectivity index (χ0v) is 17.0. The Morgan fingerprint density at radius 3 is 0.406 bits per heavy atom. The highest BCUT2D eigenvalue weighted by Crippen LogP contribution is 1.98. The standard InChI is InChI=1S/2C3H6N6.7CH2O/c2*4-1-7-2(5)9-3(6)8-1;7*1-2/h2*(H6,4,5,6,7,8,9);7*1H2. The summed E-state index contributed by atoms with van der Waals surface area (Å²) in [7, 11) is 0. The maximum absolute atomic E-state index is 8.00. The molecule has 0 saturated carbocycles. The third-order valence-electron chi connectivity index (χ3n) is 1.37. The van der Waals surface area contributed by atoms with Crippen molar-refractivity contribution in [2.75, 3.05) is 34.4 Å². The first kappa shape index (κ1) is 45.3. The van der Waals surface area contributed by atoms with Gasteiger partial charge in [0.15, 0.2) is 0 Å². The van der Waals surface area contributed by atoms with Gasteiger partial charge in [-0.25, -0.2) is 0 Å². The summed E-state index contributed by atoms with van der Waals surface area (Å²) in [5.74, 6) is 0.250. The number of nitrogens with two attached hydrogens (primary N) is 6. The summed E-state index contributed by atoms with van der Waals surface area (Å²) in [6.45, 7) is 14.0. The maximum atomic E-state index is 8.00. The van der Waals surface area contributed by atoms with Crippen LogP contribution in [0.25, 0.3) is 0 Å². The molecule has 0 unspecified atom stereocenters. The molecule has 0 aliphatic heterocycles. The van der Waals surface area contributed by atoms with Crippen LogP contribution in [0.15, 0.2) is 0 Å². The van der Waals surface area contributed by atoms with Crippen molar-refractivity contribution < 1.29 is 33.6 Å². The molecule has 0 bridgehead atoms. The normalized spacial score (nSPS) is 6.12. The Balaban J connectivity index is -0.0000000508. The van der Waals surface area contributed by atoms with Crippen LogP contribution in [0.2, 0.25) is 0 Å². The van der Waals surface area contributed by atoms with Crippen LogP contribution in [0.5, 0.6) is 0 Å².